The van der Waals surface area contributed by atoms with E-state index in [0.29, 0.717) is 6.54 Å². The van der Waals surface area contributed by atoms with E-state index in [1.165, 1.54) is 25.7 Å². The highest BCUT2D eigenvalue weighted by molar-refractivity contribution is 5.81. The van der Waals surface area contributed by atoms with Crippen molar-refractivity contribution in [3.05, 3.63) is 0 Å². The summed E-state index contributed by atoms with van der Waals surface area (Å²) in [4.78, 5) is 11.9. The van der Waals surface area contributed by atoms with Gasteiger partial charge in [-0.2, -0.15) is 0 Å². The monoisotopic (exact) mass is 226 g/mol. The van der Waals surface area contributed by atoms with Crippen LogP contribution in [0.5, 0.6) is 0 Å². The Labute approximate surface area is 99.2 Å². The average molecular weight is 226 g/mol. The minimum Gasteiger partial charge on any atom is -0.356 e. The molecule has 1 aliphatic carbocycles. The molecule has 3 heteroatoms. The molecule has 94 valence electrons. The van der Waals surface area contributed by atoms with Crippen molar-refractivity contribution < 1.29 is 4.79 Å². The highest BCUT2D eigenvalue weighted by atomic mass is 16.2. The van der Waals surface area contributed by atoms with Gasteiger partial charge < -0.3 is 11.1 Å². The molecule has 1 rings (SSSR count). The van der Waals surface area contributed by atoms with E-state index in [0.717, 1.165) is 25.3 Å². The predicted octanol–water partition coefficient (Wildman–Crippen LogP) is 2.06. The molecule has 3 N–H and O–H groups in total. The van der Waals surface area contributed by atoms with E-state index in [1.54, 1.807) is 0 Å². The Balaban J connectivity index is 2.18. The molecule has 0 heterocycles. The normalized spacial score (nSPS) is 17.7. The minimum atomic E-state index is -0.315. The topological polar surface area (TPSA) is 55.1 Å². The molecule has 0 aromatic heterocycles. The Bertz CT molecular complexity index is 220. The molecule has 0 saturated heterocycles. The van der Waals surface area contributed by atoms with Crippen molar-refractivity contribution in [3.63, 3.8) is 0 Å². The van der Waals surface area contributed by atoms with Crippen LogP contribution in [-0.4, -0.2) is 19.0 Å². The Kier molecular flexibility index (Phi) is 5.26. The number of rotatable bonds is 6. The summed E-state index contributed by atoms with van der Waals surface area (Å²) in [5.41, 5.74) is 5.19. The highest BCUT2D eigenvalue weighted by Gasteiger charge is 2.26. The van der Waals surface area contributed by atoms with Gasteiger partial charge >= 0.3 is 0 Å². The Hall–Kier alpha value is -0.570. The van der Waals surface area contributed by atoms with Crippen LogP contribution in [0.1, 0.15) is 52.4 Å². The van der Waals surface area contributed by atoms with Crippen LogP contribution in [0.3, 0.4) is 0 Å². The summed E-state index contributed by atoms with van der Waals surface area (Å²) in [5.74, 6) is 0.994. The zero-order valence-corrected chi connectivity index (χ0v) is 10.7. The smallest absolute Gasteiger partial charge is 0.225 e. The summed E-state index contributed by atoms with van der Waals surface area (Å²) < 4.78 is 0. The molecule has 0 radical (unpaired) electrons. The van der Waals surface area contributed by atoms with Crippen LogP contribution in [0.15, 0.2) is 0 Å². The van der Waals surface area contributed by atoms with E-state index in [4.69, 9.17) is 5.73 Å². The van der Waals surface area contributed by atoms with Crippen LogP contribution in [0.4, 0.5) is 0 Å². The van der Waals surface area contributed by atoms with Gasteiger partial charge in [0.1, 0.15) is 0 Å². The lowest BCUT2D eigenvalue weighted by molar-refractivity contribution is -0.129. The summed E-state index contributed by atoms with van der Waals surface area (Å²) in [5, 5.41) is 3.04. The lowest BCUT2D eigenvalue weighted by Crippen LogP contribution is -2.39. The first-order chi connectivity index (χ1) is 7.56. The highest BCUT2D eigenvalue weighted by Crippen LogP contribution is 2.27. The van der Waals surface area contributed by atoms with Crippen LogP contribution in [-0.2, 0) is 4.79 Å². The van der Waals surface area contributed by atoms with Crippen molar-refractivity contribution in [2.75, 3.05) is 13.1 Å². The molecule has 0 atom stereocenters. The Morgan fingerprint density at radius 3 is 2.56 bits per heavy atom. The lowest BCUT2D eigenvalue weighted by atomic mass is 9.88. The standard InChI is InChI=1S/C13H26N2O/c1-13(2,8-9-14)12(16)15-10-7-11-5-3-4-6-11/h11H,3-10,14H2,1-2H3,(H,15,16). The van der Waals surface area contributed by atoms with E-state index in [9.17, 15) is 4.79 Å². The number of carbonyl (C=O) groups excluding carboxylic acids is 1. The van der Waals surface area contributed by atoms with Gasteiger partial charge in [-0.25, -0.2) is 0 Å². The molecule has 0 bridgehead atoms. The molecule has 0 aromatic carbocycles. The third-order valence-electron chi connectivity index (χ3n) is 3.70. The van der Waals surface area contributed by atoms with Crippen LogP contribution in [0.2, 0.25) is 0 Å². The number of carbonyl (C=O) groups is 1. The maximum Gasteiger partial charge on any atom is 0.225 e. The first-order valence-electron chi connectivity index (χ1n) is 6.54. The maximum absolute atomic E-state index is 11.9. The van der Waals surface area contributed by atoms with Gasteiger partial charge in [0.15, 0.2) is 0 Å². The quantitative estimate of drug-likeness (QED) is 0.728. The van der Waals surface area contributed by atoms with Crippen molar-refractivity contribution in [2.45, 2.75) is 52.4 Å². The Morgan fingerprint density at radius 2 is 2.00 bits per heavy atom. The molecular weight excluding hydrogens is 200 g/mol. The van der Waals surface area contributed by atoms with Gasteiger partial charge in [0.2, 0.25) is 5.91 Å². The van der Waals surface area contributed by atoms with E-state index >= 15 is 0 Å². The third-order valence-corrected chi connectivity index (χ3v) is 3.70. The fourth-order valence-corrected chi connectivity index (χ4v) is 2.40. The summed E-state index contributed by atoms with van der Waals surface area (Å²) in [6, 6.07) is 0. The van der Waals surface area contributed by atoms with Crippen LogP contribution in [0, 0.1) is 11.3 Å². The molecule has 0 unspecified atom stereocenters. The number of nitrogens with one attached hydrogen (secondary N) is 1. The average Bonchev–Trinajstić information content (AvgIpc) is 2.70. The number of amides is 1. The summed E-state index contributed by atoms with van der Waals surface area (Å²) in [7, 11) is 0. The van der Waals surface area contributed by atoms with Gasteiger partial charge in [0, 0.05) is 12.0 Å². The zero-order chi connectivity index (χ0) is 12.0. The largest absolute Gasteiger partial charge is 0.356 e. The molecule has 1 fully saturated rings. The number of hydrogen-bond acceptors (Lipinski definition) is 2. The second-order valence-corrected chi connectivity index (χ2v) is 5.62. The molecule has 1 saturated carbocycles. The van der Waals surface area contributed by atoms with E-state index in [-0.39, 0.29) is 11.3 Å². The van der Waals surface area contributed by atoms with Gasteiger partial charge in [-0.05, 0) is 25.3 Å². The van der Waals surface area contributed by atoms with E-state index in [2.05, 4.69) is 5.32 Å². The van der Waals surface area contributed by atoms with Crippen LogP contribution >= 0.6 is 0 Å². The van der Waals surface area contributed by atoms with Gasteiger partial charge in [0.25, 0.3) is 0 Å². The van der Waals surface area contributed by atoms with Crippen LogP contribution < -0.4 is 11.1 Å². The second-order valence-electron chi connectivity index (χ2n) is 5.62. The maximum atomic E-state index is 11.9. The van der Waals surface area contributed by atoms with Crippen molar-refractivity contribution in [1.82, 2.24) is 5.32 Å². The molecule has 1 aliphatic rings. The molecule has 0 aromatic rings. The first kappa shape index (κ1) is 13.5. The molecule has 0 spiro atoms. The number of hydrogen-bond donors (Lipinski definition) is 2. The summed E-state index contributed by atoms with van der Waals surface area (Å²) in [6.07, 6.45) is 7.34. The fourth-order valence-electron chi connectivity index (χ4n) is 2.40. The SMILES string of the molecule is CC(C)(CCN)C(=O)NCCC1CCCC1. The van der Waals surface area contributed by atoms with E-state index < -0.39 is 0 Å². The van der Waals surface area contributed by atoms with Gasteiger partial charge in [-0.15, -0.1) is 0 Å². The molecule has 16 heavy (non-hydrogen) atoms. The lowest BCUT2D eigenvalue weighted by Gasteiger charge is -2.23. The third kappa shape index (κ3) is 4.12. The predicted molar refractivity (Wildman–Crippen MR) is 67.0 cm³/mol. The zero-order valence-electron chi connectivity index (χ0n) is 10.7. The van der Waals surface area contributed by atoms with Gasteiger partial charge in [-0.3, -0.25) is 4.79 Å². The van der Waals surface area contributed by atoms with Crippen molar-refractivity contribution in [2.24, 2.45) is 17.1 Å². The van der Waals surface area contributed by atoms with Crippen molar-refractivity contribution in [1.29, 1.82) is 0 Å². The molecule has 1 amide bonds. The first-order valence-corrected chi connectivity index (χ1v) is 6.54. The molecule has 3 nitrogen and oxygen atoms in total. The van der Waals surface area contributed by atoms with Crippen LogP contribution in [0.25, 0.3) is 0 Å². The van der Waals surface area contributed by atoms with Crippen molar-refractivity contribution >= 4 is 5.91 Å². The Morgan fingerprint density at radius 1 is 1.38 bits per heavy atom. The minimum absolute atomic E-state index is 0.149. The van der Waals surface area contributed by atoms with Gasteiger partial charge in [-0.1, -0.05) is 39.5 Å². The summed E-state index contributed by atoms with van der Waals surface area (Å²) in [6.45, 7) is 5.33. The van der Waals surface area contributed by atoms with Gasteiger partial charge in [0.05, 0.1) is 0 Å². The number of nitrogens with two attached hydrogens (primary N) is 1. The molecule has 0 aliphatic heterocycles. The summed E-state index contributed by atoms with van der Waals surface area (Å²) >= 11 is 0. The fraction of sp³-hybridized carbons (Fsp3) is 0.923. The van der Waals surface area contributed by atoms with E-state index in [1.807, 2.05) is 13.8 Å². The van der Waals surface area contributed by atoms with Crippen molar-refractivity contribution in [3.8, 4) is 0 Å². The second kappa shape index (κ2) is 6.24. The molecular formula is C13H26N2O.